The topological polar surface area (TPSA) is 49.3 Å². The molecule has 0 atom stereocenters. The lowest BCUT2D eigenvalue weighted by Gasteiger charge is -2.12. The summed E-state index contributed by atoms with van der Waals surface area (Å²) in [5.74, 6) is 0.0416. The van der Waals surface area contributed by atoms with Gasteiger partial charge in [0.2, 0.25) is 5.91 Å². The second-order valence-corrected chi connectivity index (χ2v) is 4.69. The van der Waals surface area contributed by atoms with Crippen LogP contribution in [0, 0.1) is 0 Å². The zero-order valence-electron chi connectivity index (χ0n) is 10.5. The van der Waals surface area contributed by atoms with Crippen LogP contribution in [-0.4, -0.2) is 11.0 Å². The molecule has 1 aromatic rings. The van der Waals surface area contributed by atoms with Crippen molar-refractivity contribution < 1.29 is 9.90 Å². The highest BCUT2D eigenvalue weighted by molar-refractivity contribution is 5.92. The van der Waals surface area contributed by atoms with E-state index in [1.165, 1.54) is 18.4 Å². The largest absolute Gasteiger partial charge is 0.392 e. The van der Waals surface area contributed by atoms with Gasteiger partial charge in [-0.2, -0.15) is 0 Å². The highest BCUT2D eigenvalue weighted by Crippen LogP contribution is 2.20. The van der Waals surface area contributed by atoms with Crippen molar-refractivity contribution in [1.29, 1.82) is 0 Å². The van der Waals surface area contributed by atoms with Crippen molar-refractivity contribution >= 4 is 11.6 Å². The van der Waals surface area contributed by atoms with E-state index < -0.39 is 0 Å². The van der Waals surface area contributed by atoms with E-state index in [2.05, 4.69) is 11.4 Å². The smallest absolute Gasteiger partial charge is 0.228 e. The molecule has 1 amide bonds. The summed E-state index contributed by atoms with van der Waals surface area (Å²) in [5.41, 5.74) is 2.89. The third kappa shape index (κ3) is 3.70. The lowest BCUT2D eigenvalue weighted by molar-refractivity contribution is -0.115. The van der Waals surface area contributed by atoms with Crippen molar-refractivity contribution in [3.05, 3.63) is 41.5 Å². The predicted octanol–water partition coefficient (Wildman–Crippen LogP) is 3.01. The molecule has 0 fully saturated rings. The highest BCUT2D eigenvalue weighted by atomic mass is 16.3. The van der Waals surface area contributed by atoms with Crippen LogP contribution in [0.2, 0.25) is 0 Å². The van der Waals surface area contributed by atoms with E-state index in [1.807, 2.05) is 24.3 Å². The van der Waals surface area contributed by atoms with E-state index in [0.29, 0.717) is 6.42 Å². The molecule has 0 spiro atoms. The van der Waals surface area contributed by atoms with E-state index in [4.69, 9.17) is 5.11 Å². The molecular formula is C15H19NO2. The zero-order valence-corrected chi connectivity index (χ0v) is 10.5. The van der Waals surface area contributed by atoms with Gasteiger partial charge in [0.05, 0.1) is 6.61 Å². The molecule has 0 aromatic heterocycles. The van der Waals surface area contributed by atoms with Gasteiger partial charge < -0.3 is 10.4 Å². The molecule has 18 heavy (non-hydrogen) atoms. The van der Waals surface area contributed by atoms with Crippen molar-refractivity contribution in [3.8, 4) is 0 Å². The average Bonchev–Trinajstić information content (AvgIpc) is 2.40. The van der Waals surface area contributed by atoms with Gasteiger partial charge in [0.1, 0.15) is 0 Å². The van der Waals surface area contributed by atoms with Crippen molar-refractivity contribution in [2.45, 2.75) is 38.7 Å². The molecule has 3 nitrogen and oxygen atoms in total. The summed E-state index contributed by atoms with van der Waals surface area (Å²) in [7, 11) is 0. The minimum Gasteiger partial charge on any atom is -0.392 e. The Bertz CT molecular complexity index is 434. The molecule has 0 aliphatic heterocycles. The van der Waals surface area contributed by atoms with Gasteiger partial charge in [0.25, 0.3) is 0 Å². The summed E-state index contributed by atoms with van der Waals surface area (Å²) in [5, 5.41) is 11.8. The first kappa shape index (κ1) is 12.8. The van der Waals surface area contributed by atoms with E-state index in [-0.39, 0.29) is 12.5 Å². The second kappa shape index (κ2) is 6.36. The minimum absolute atomic E-state index is 0.0289. The van der Waals surface area contributed by atoms with Crippen LogP contribution in [0.25, 0.3) is 0 Å². The van der Waals surface area contributed by atoms with Gasteiger partial charge in [-0.05, 0) is 43.4 Å². The van der Waals surface area contributed by atoms with Crippen molar-refractivity contribution in [1.82, 2.24) is 0 Å². The van der Waals surface area contributed by atoms with Crippen molar-refractivity contribution in [2.75, 3.05) is 5.32 Å². The summed E-state index contributed by atoms with van der Waals surface area (Å²) in [6.07, 6.45) is 7.29. The molecule has 0 saturated carbocycles. The summed E-state index contributed by atoms with van der Waals surface area (Å²) in [6.45, 7) is 0.0289. The molecule has 0 heterocycles. The van der Waals surface area contributed by atoms with Crippen LogP contribution in [0.3, 0.4) is 0 Å². The lowest BCUT2D eigenvalue weighted by atomic mass is 9.97. The normalized spacial score (nSPS) is 15.1. The van der Waals surface area contributed by atoms with Crippen LogP contribution in [0.15, 0.2) is 35.9 Å². The van der Waals surface area contributed by atoms with Gasteiger partial charge in [-0.25, -0.2) is 0 Å². The Morgan fingerprint density at radius 2 is 2.00 bits per heavy atom. The maximum absolute atomic E-state index is 11.8. The monoisotopic (exact) mass is 245 g/mol. The number of hydrogen-bond donors (Lipinski definition) is 2. The molecule has 0 bridgehead atoms. The maximum Gasteiger partial charge on any atom is 0.228 e. The Labute approximate surface area is 108 Å². The number of carbonyl (C=O) groups is 1. The Morgan fingerprint density at radius 3 is 2.61 bits per heavy atom. The van der Waals surface area contributed by atoms with Crippen LogP contribution >= 0.6 is 0 Å². The number of nitrogens with one attached hydrogen (secondary N) is 1. The van der Waals surface area contributed by atoms with Gasteiger partial charge in [0.15, 0.2) is 0 Å². The maximum atomic E-state index is 11.8. The van der Waals surface area contributed by atoms with Gasteiger partial charge in [-0.1, -0.05) is 23.8 Å². The molecule has 0 unspecified atom stereocenters. The van der Waals surface area contributed by atoms with E-state index >= 15 is 0 Å². The second-order valence-electron chi connectivity index (χ2n) is 4.69. The van der Waals surface area contributed by atoms with E-state index in [0.717, 1.165) is 24.1 Å². The summed E-state index contributed by atoms with van der Waals surface area (Å²) < 4.78 is 0. The average molecular weight is 245 g/mol. The minimum atomic E-state index is 0.0289. The number of hydrogen-bond acceptors (Lipinski definition) is 2. The van der Waals surface area contributed by atoms with Crippen LogP contribution in [-0.2, 0) is 11.4 Å². The quantitative estimate of drug-likeness (QED) is 0.801. The van der Waals surface area contributed by atoms with E-state index in [9.17, 15) is 4.79 Å². The molecule has 1 aromatic carbocycles. The predicted molar refractivity (Wildman–Crippen MR) is 72.2 cm³/mol. The summed E-state index contributed by atoms with van der Waals surface area (Å²) in [6, 6.07) is 7.27. The third-order valence-electron chi connectivity index (χ3n) is 3.19. The van der Waals surface area contributed by atoms with Gasteiger partial charge in [0, 0.05) is 12.1 Å². The first-order valence-electron chi connectivity index (χ1n) is 6.45. The van der Waals surface area contributed by atoms with Crippen LogP contribution in [0.5, 0.6) is 0 Å². The van der Waals surface area contributed by atoms with Crippen molar-refractivity contribution in [3.63, 3.8) is 0 Å². The first-order valence-corrected chi connectivity index (χ1v) is 6.45. The molecule has 0 saturated heterocycles. The molecule has 1 aliphatic rings. The van der Waals surface area contributed by atoms with Crippen LogP contribution in [0.4, 0.5) is 5.69 Å². The molecule has 2 N–H and O–H groups in total. The highest BCUT2D eigenvalue weighted by Gasteiger charge is 2.09. The number of rotatable bonds is 4. The lowest BCUT2D eigenvalue weighted by Crippen LogP contribution is -2.13. The molecule has 3 heteroatoms. The van der Waals surface area contributed by atoms with Gasteiger partial charge >= 0.3 is 0 Å². The standard InChI is InChI=1S/C15H19NO2/c17-11-13-6-8-14(9-7-13)16-15(18)10-12-4-2-1-3-5-12/h4,6-9,17H,1-3,5,10-11H2,(H,16,18). The number of amides is 1. The molecular weight excluding hydrogens is 226 g/mol. The Balaban J connectivity index is 1.88. The molecule has 1 aliphatic carbocycles. The number of carbonyl (C=O) groups excluding carboxylic acids is 1. The SMILES string of the molecule is O=C(CC1=CCCCC1)Nc1ccc(CO)cc1. The summed E-state index contributed by atoms with van der Waals surface area (Å²) >= 11 is 0. The first-order chi connectivity index (χ1) is 8.78. The van der Waals surface area contributed by atoms with Crippen LogP contribution < -0.4 is 5.32 Å². The number of aliphatic hydroxyl groups is 1. The van der Waals surface area contributed by atoms with Crippen LogP contribution in [0.1, 0.15) is 37.7 Å². The van der Waals surface area contributed by atoms with E-state index in [1.54, 1.807) is 0 Å². The fourth-order valence-corrected chi connectivity index (χ4v) is 2.17. The molecule has 96 valence electrons. The Morgan fingerprint density at radius 1 is 1.22 bits per heavy atom. The number of aliphatic hydroxyl groups excluding tert-OH is 1. The Kier molecular flexibility index (Phi) is 4.53. The third-order valence-corrected chi connectivity index (χ3v) is 3.19. The number of allylic oxidation sites excluding steroid dienone is 1. The zero-order chi connectivity index (χ0) is 12.8. The van der Waals surface area contributed by atoms with Crippen molar-refractivity contribution in [2.24, 2.45) is 0 Å². The fraction of sp³-hybridized carbons (Fsp3) is 0.400. The fourth-order valence-electron chi connectivity index (χ4n) is 2.17. The molecule has 0 radical (unpaired) electrons. The summed E-state index contributed by atoms with van der Waals surface area (Å²) in [4.78, 5) is 11.8. The number of anilines is 1. The van der Waals surface area contributed by atoms with Gasteiger partial charge in [-0.15, -0.1) is 0 Å². The number of benzene rings is 1. The Hall–Kier alpha value is -1.61. The molecule has 2 rings (SSSR count). The van der Waals surface area contributed by atoms with Gasteiger partial charge in [-0.3, -0.25) is 4.79 Å².